The highest BCUT2D eigenvalue weighted by atomic mass is 127. The molecule has 2 aromatic heterocycles. The quantitative estimate of drug-likeness (QED) is 0.586. The van der Waals surface area contributed by atoms with Crippen molar-refractivity contribution in [3.8, 4) is 0 Å². The van der Waals surface area contributed by atoms with Gasteiger partial charge in [0.2, 0.25) is 11.9 Å². The van der Waals surface area contributed by atoms with E-state index < -0.39 is 0 Å². The summed E-state index contributed by atoms with van der Waals surface area (Å²) in [5.74, 6) is 0.195. The van der Waals surface area contributed by atoms with Crippen molar-refractivity contribution in [1.82, 2.24) is 24.5 Å². The predicted octanol–water partition coefficient (Wildman–Crippen LogP) is 2.77. The first-order valence-electron chi connectivity index (χ1n) is 7.94. The summed E-state index contributed by atoms with van der Waals surface area (Å²) in [7, 11) is 0. The van der Waals surface area contributed by atoms with Gasteiger partial charge in [0, 0.05) is 19.2 Å². The summed E-state index contributed by atoms with van der Waals surface area (Å²) in [6.07, 6.45) is 3.87. The Morgan fingerprint density at radius 2 is 2.08 bits per heavy atom. The molecule has 0 unspecified atom stereocenters. The fraction of sp³-hybridized carbons (Fsp3) is 0.294. The van der Waals surface area contributed by atoms with Crippen molar-refractivity contribution in [3.63, 3.8) is 0 Å². The van der Waals surface area contributed by atoms with Crippen LogP contribution in [0.2, 0.25) is 0 Å². The Hall–Kier alpha value is -2.23. The molecule has 0 radical (unpaired) electrons. The third kappa shape index (κ3) is 4.88. The molecule has 8 heteroatoms. The highest BCUT2D eigenvalue weighted by Crippen LogP contribution is 2.09. The van der Waals surface area contributed by atoms with E-state index in [0.717, 1.165) is 14.8 Å². The number of hydrogen-bond acceptors (Lipinski definition) is 4. The molecule has 1 N–H and O–H groups in total. The summed E-state index contributed by atoms with van der Waals surface area (Å²) in [6.45, 7) is 5.15. The van der Waals surface area contributed by atoms with Crippen LogP contribution >= 0.6 is 22.6 Å². The smallest absolute Gasteiger partial charge is 0.248 e. The van der Waals surface area contributed by atoms with Gasteiger partial charge >= 0.3 is 0 Å². The number of carbonyl (C=O) groups is 1. The molecule has 0 atom stereocenters. The lowest BCUT2D eigenvalue weighted by molar-refractivity contribution is -0.116. The second-order valence-electron chi connectivity index (χ2n) is 5.88. The van der Waals surface area contributed by atoms with E-state index >= 15 is 0 Å². The lowest BCUT2D eigenvalue weighted by Gasteiger charge is -2.03. The largest absolute Gasteiger partial charge is 0.293 e. The molecule has 2 heterocycles. The van der Waals surface area contributed by atoms with Crippen LogP contribution in [0, 0.1) is 17.4 Å². The molecule has 0 aliphatic carbocycles. The number of nitrogens with one attached hydrogen (secondary N) is 1. The lowest BCUT2D eigenvalue weighted by Crippen LogP contribution is -2.16. The number of benzene rings is 1. The summed E-state index contributed by atoms with van der Waals surface area (Å²) in [5.41, 5.74) is 3.32. The highest BCUT2D eigenvalue weighted by molar-refractivity contribution is 14.1. The van der Waals surface area contributed by atoms with Crippen LogP contribution in [0.1, 0.15) is 23.2 Å². The van der Waals surface area contributed by atoms with Gasteiger partial charge in [-0.2, -0.15) is 5.10 Å². The number of aryl methyl sites for hydroxylation is 3. The van der Waals surface area contributed by atoms with Gasteiger partial charge < -0.3 is 0 Å². The summed E-state index contributed by atoms with van der Waals surface area (Å²) in [4.78, 5) is 16.2. The molecule has 0 spiro atoms. The zero-order valence-corrected chi connectivity index (χ0v) is 16.3. The van der Waals surface area contributed by atoms with Gasteiger partial charge in [0.1, 0.15) is 6.33 Å². The Labute approximate surface area is 159 Å². The summed E-state index contributed by atoms with van der Waals surface area (Å²) >= 11 is 2.23. The normalized spacial score (nSPS) is 10.8. The van der Waals surface area contributed by atoms with Crippen molar-refractivity contribution in [1.29, 1.82) is 0 Å². The predicted molar refractivity (Wildman–Crippen MR) is 103 cm³/mol. The molecule has 0 fully saturated rings. The van der Waals surface area contributed by atoms with E-state index in [0.29, 0.717) is 25.5 Å². The number of carbonyl (C=O) groups excluding carboxylic acids is 1. The standard InChI is InChI=1S/C17H19IN6O/c1-12-4-3-5-14(8-12)9-24-11-19-17(22-24)20-16(25)6-7-23-10-15(18)13(2)21-23/h3-5,8,10-11H,6-7,9H2,1-2H3,(H,20,22,25). The molecular formula is C17H19IN6O. The number of anilines is 1. The van der Waals surface area contributed by atoms with Crippen LogP contribution in [0.5, 0.6) is 0 Å². The number of aromatic nitrogens is 5. The van der Waals surface area contributed by atoms with Crippen LogP contribution in [0.15, 0.2) is 36.8 Å². The van der Waals surface area contributed by atoms with Crippen LogP contribution in [0.3, 0.4) is 0 Å². The van der Waals surface area contributed by atoms with Crippen LogP contribution in [-0.4, -0.2) is 30.5 Å². The molecular weight excluding hydrogens is 431 g/mol. The molecule has 7 nitrogen and oxygen atoms in total. The minimum absolute atomic E-state index is 0.128. The maximum Gasteiger partial charge on any atom is 0.248 e. The Morgan fingerprint density at radius 1 is 1.24 bits per heavy atom. The van der Waals surface area contributed by atoms with Gasteiger partial charge in [-0.3, -0.25) is 14.8 Å². The summed E-state index contributed by atoms with van der Waals surface area (Å²) in [6, 6.07) is 8.22. The Kier molecular flexibility index (Phi) is 5.47. The first kappa shape index (κ1) is 17.6. The lowest BCUT2D eigenvalue weighted by atomic mass is 10.1. The van der Waals surface area contributed by atoms with Crippen molar-refractivity contribution in [3.05, 3.63) is 57.2 Å². The molecule has 0 saturated heterocycles. The number of amides is 1. The van der Waals surface area contributed by atoms with Crippen LogP contribution < -0.4 is 5.32 Å². The molecule has 0 aliphatic heterocycles. The van der Waals surface area contributed by atoms with Crippen molar-refractivity contribution in [2.24, 2.45) is 0 Å². The molecule has 1 amide bonds. The number of rotatable bonds is 6. The van der Waals surface area contributed by atoms with E-state index in [-0.39, 0.29) is 5.91 Å². The van der Waals surface area contributed by atoms with Crippen molar-refractivity contribution in [2.75, 3.05) is 5.32 Å². The molecule has 0 aliphatic rings. The topological polar surface area (TPSA) is 77.6 Å². The third-order valence-electron chi connectivity index (χ3n) is 3.67. The van der Waals surface area contributed by atoms with Gasteiger partial charge in [0.15, 0.2) is 0 Å². The van der Waals surface area contributed by atoms with Gasteiger partial charge in [-0.15, -0.1) is 5.10 Å². The maximum atomic E-state index is 12.0. The van der Waals surface area contributed by atoms with E-state index in [1.54, 1.807) is 15.7 Å². The SMILES string of the molecule is Cc1cccc(Cn2cnc(NC(=O)CCn3cc(I)c(C)n3)n2)c1. The zero-order chi connectivity index (χ0) is 17.8. The van der Waals surface area contributed by atoms with E-state index in [9.17, 15) is 4.79 Å². The van der Waals surface area contributed by atoms with Gasteiger partial charge in [0.05, 0.1) is 15.8 Å². The maximum absolute atomic E-state index is 12.0. The van der Waals surface area contributed by atoms with Crippen molar-refractivity contribution in [2.45, 2.75) is 33.4 Å². The minimum Gasteiger partial charge on any atom is -0.293 e. The van der Waals surface area contributed by atoms with Gasteiger partial charge in [-0.1, -0.05) is 29.8 Å². The van der Waals surface area contributed by atoms with E-state index in [1.807, 2.05) is 25.3 Å². The van der Waals surface area contributed by atoms with Crippen molar-refractivity contribution < 1.29 is 4.79 Å². The fourth-order valence-electron chi connectivity index (χ4n) is 2.44. The average Bonchev–Trinajstić information content (AvgIpc) is 3.12. The molecule has 1 aromatic carbocycles. The number of hydrogen-bond donors (Lipinski definition) is 1. The number of nitrogens with zero attached hydrogens (tertiary/aromatic N) is 5. The summed E-state index contributed by atoms with van der Waals surface area (Å²) < 4.78 is 4.58. The first-order valence-corrected chi connectivity index (χ1v) is 9.02. The second-order valence-corrected chi connectivity index (χ2v) is 7.04. The van der Waals surface area contributed by atoms with Crippen LogP contribution in [0.25, 0.3) is 0 Å². The van der Waals surface area contributed by atoms with Crippen molar-refractivity contribution >= 4 is 34.4 Å². The number of halogens is 1. The first-order chi connectivity index (χ1) is 12.0. The monoisotopic (exact) mass is 450 g/mol. The second kappa shape index (κ2) is 7.77. The Balaban J connectivity index is 1.53. The molecule has 0 bridgehead atoms. The van der Waals surface area contributed by atoms with Gasteiger partial charge in [-0.05, 0) is 42.0 Å². The molecule has 3 rings (SSSR count). The summed E-state index contributed by atoms with van der Waals surface area (Å²) in [5, 5.41) is 11.4. The van der Waals surface area contributed by atoms with Gasteiger partial charge in [-0.25, -0.2) is 9.67 Å². The minimum atomic E-state index is -0.128. The average molecular weight is 450 g/mol. The molecule has 0 saturated carbocycles. The van der Waals surface area contributed by atoms with E-state index in [4.69, 9.17) is 0 Å². The van der Waals surface area contributed by atoms with E-state index in [2.05, 4.69) is 62.1 Å². The zero-order valence-electron chi connectivity index (χ0n) is 14.1. The molecule has 3 aromatic rings. The van der Waals surface area contributed by atoms with Gasteiger partial charge in [0.25, 0.3) is 0 Å². The molecule has 25 heavy (non-hydrogen) atoms. The molecule has 130 valence electrons. The Morgan fingerprint density at radius 3 is 2.80 bits per heavy atom. The highest BCUT2D eigenvalue weighted by Gasteiger charge is 2.08. The van der Waals surface area contributed by atoms with Crippen LogP contribution in [0.4, 0.5) is 5.95 Å². The third-order valence-corrected chi connectivity index (χ3v) is 4.73. The van der Waals surface area contributed by atoms with Crippen LogP contribution in [-0.2, 0) is 17.9 Å². The Bertz CT molecular complexity index is 865. The van der Waals surface area contributed by atoms with E-state index in [1.165, 1.54) is 5.56 Å². The fourth-order valence-corrected chi connectivity index (χ4v) is 2.87.